The molecule has 0 amide bonds. The van der Waals surface area contributed by atoms with Crippen LogP contribution in [0.15, 0.2) is 48.5 Å². The van der Waals surface area contributed by atoms with Gasteiger partial charge in [-0.25, -0.2) is 0 Å². The summed E-state index contributed by atoms with van der Waals surface area (Å²) in [6.07, 6.45) is 0.979. The van der Waals surface area contributed by atoms with Crippen molar-refractivity contribution < 1.29 is 9.53 Å². The highest BCUT2D eigenvalue weighted by molar-refractivity contribution is 6.10. The van der Waals surface area contributed by atoms with E-state index in [2.05, 4.69) is 19.9 Å². The van der Waals surface area contributed by atoms with Crippen molar-refractivity contribution in [3.8, 4) is 5.75 Å². The Labute approximate surface area is 120 Å². The SMILES string of the molecule is COc1ccccc1C(=O)c1cccc(CC(C)C)c1. The van der Waals surface area contributed by atoms with Crippen molar-refractivity contribution in [1.82, 2.24) is 0 Å². The number of ether oxygens (including phenoxy) is 1. The standard InChI is InChI=1S/C18H20O2/c1-13(2)11-14-7-6-8-15(12-14)18(19)16-9-4-5-10-17(16)20-3/h4-10,12-13H,11H2,1-3H3. The van der Waals surface area contributed by atoms with E-state index in [1.807, 2.05) is 36.4 Å². The fourth-order valence-corrected chi connectivity index (χ4v) is 2.30. The van der Waals surface area contributed by atoms with Crippen molar-refractivity contribution in [3.05, 3.63) is 65.2 Å². The van der Waals surface area contributed by atoms with Crippen LogP contribution in [0.1, 0.15) is 35.3 Å². The summed E-state index contributed by atoms with van der Waals surface area (Å²) in [6, 6.07) is 15.2. The number of methoxy groups -OCH3 is 1. The second-order valence-corrected chi connectivity index (χ2v) is 5.33. The van der Waals surface area contributed by atoms with Crippen LogP contribution in [0.5, 0.6) is 5.75 Å². The molecule has 2 rings (SSSR count). The Morgan fingerprint density at radius 3 is 2.55 bits per heavy atom. The van der Waals surface area contributed by atoms with Gasteiger partial charge in [0.05, 0.1) is 12.7 Å². The van der Waals surface area contributed by atoms with Gasteiger partial charge in [-0.1, -0.05) is 44.2 Å². The molecule has 0 saturated heterocycles. The van der Waals surface area contributed by atoms with Gasteiger partial charge in [-0.3, -0.25) is 4.79 Å². The number of carbonyl (C=O) groups excluding carboxylic acids is 1. The minimum Gasteiger partial charge on any atom is -0.496 e. The van der Waals surface area contributed by atoms with E-state index in [4.69, 9.17) is 4.74 Å². The van der Waals surface area contributed by atoms with Gasteiger partial charge in [0.2, 0.25) is 0 Å². The van der Waals surface area contributed by atoms with E-state index in [9.17, 15) is 4.79 Å². The Hall–Kier alpha value is -2.09. The highest BCUT2D eigenvalue weighted by atomic mass is 16.5. The summed E-state index contributed by atoms with van der Waals surface area (Å²) >= 11 is 0. The number of hydrogen-bond acceptors (Lipinski definition) is 2. The smallest absolute Gasteiger partial charge is 0.196 e. The summed E-state index contributed by atoms with van der Waals surface area (Å²) in [6.45, 7) is 4.35. The molecule has 0 aromatic heterocycles. The monoisotopic (exact) mass is 268 g/mol. The number of carbonyl (C=O) groups is 1. The van der Waals surface area contributed by atoms with E-state index in [-0.39, 0.29) is 5.78 Å². The molecule has 2 aromatic carbocycles. The Balaban J connectivity index is 2.33. The van der Waals surface area contributed by atoms with Crippen LogP contribution in [0.4, 0.5) is 0 Å². The Kier molecular flexibility index (Phi) is 4.57. The van der Waals surface area contributed by atoms with Gasteiger partial charge in [0, 0.05) is 5.56 Å². The van der Waals surface area contributed by atoms with Gasteiger partial charge < -0.3 is 4.74 Å². The third-order valence-electron chi connectivity index (χ3n) is 3.18. The van der Waals surface area contributed by atoms with Crippen LogP contribution in [0.25, 0.3) is 0 Å². The minimum atomic E-state index is 0.00746. The molecule has 0 aliphatic heterocycles. The van der Waals surface area contributed by atoms with E-state index in [1.165, 1.54) is 5.56 Å². The highest BCUT2D eigenvalue weighted by Gasteiger charge is 2.14. The predicted molar refractivity (Wildman–Crippen MR) is 81.4 cm³/mol. The first-order valence-electron chi connectivity index (χ1n) is 6.88. The predicted octanol–water partition coefficient (Wildman–Crippen LogP) is 4.12. The number of benzene rings is 2. The molecular weight excluding hydrogens is 248 g/mol. The second-order valence-electron chi connectivity index (χ2n) is 5.33. The lowest BCUT2D eigenvalue weighted by Crippen LogP contribution is -2.05. The molecule has 0 aliphatic rings. The first-order chi connectivity index (χ1) is 9.61. The van der Waals surface area contributed by atoms with E-state index >= 15 is 0 Å². The maximum Gasteiger partial charge on any atom is 0.196 e. The zero-order chi connectivity index (χ0) is 14.5. The van der Waals surface area contributed by atoms with Crippen LogP contribution in [0.2, 0.25) is 0 Å². The lowest BCUT2D eigenvalue weighted by Gasteiger charge is -2.09. The van der Waals surface area contributed by atoms with Crippen LogP contribution < -0.4 is 4.74 Å². The molecule has 2 nitrogen and oxygen atoms in total. The lowest BCUT2D eigenvalue weighted by molar-refractivity contribution is 0.103. The third-order valence-corrected chi connectivity index (χ3v) is 3.18. The van der Waals surface area contributed by atoms with Gasteiger partial charge in [-0.05, 0) is 36.1 Å². The van der Waals surface area contributed by atoms with Crippen molar-refractivity contribution in [3.63, 3.8) is 0 Å². The molecule has 20 heavy (non-hydrogen) atoms. The molecule has 0 fully saturated rings. The Morgan fingerprint density at radius 2 is 1.85 bits per heavy atom. The van der Waals surface area contributed by atoms with Gasteiger partial charge in [0.25, 0.3) is 0 Å². The van der Waals surface area contributed by atoms with Crippen LogP contribution in [0.3, 0.4) is 0 Å². The first-order valence-corrected chi connectivity index (χ1v) is 6.88. The topological polar surface area (TPSA) is 26.3 Å². The van der Waals surface area contributed by atoms with Crippen molar-refractivity contribution in [2.45, 2.75) is 20.3 Å². The van der Waals surface area contributed by atoms with Crippen LogP contribution >= 0.6 is 0 Å². The van der Waals surface area contributed by atoms with Crippen molar-refractivity contribution in [2.75, 3.05) is 7.11 Å². The molecular formula is C18H20O2. The number of rotatable bonds is 5. The summed E-state index contributed by atoms with van der Waals surface area (Å²) in [7, 11) is 1.58. The molecule has 2 aromatic rings. The fraction of sp³-hybridized carbons (Fsp3) is 0.278. The number of hydrogen-bond donors (Lipinski definition) is 0. The van der Waals surface area contributed by atoms with Gasteiger partial charge in [-0.2, -0.15) is 0 Å². The molecule has 0 unspecified atom stereocenters. The van der Waals surface area contributed by atoms with Gasteiger partial charge in [-0.15, -0.1) is 0 Å². The molecule has 0 bridgehead atoms. The van der Waals surface area contributed by atoms with E-state index in [1.54, 1.807) is 13.2 Å². The summed E-state index contributed by atoms with van der Waals surface area (Å²) < 4.78 is 5.26. The van der Waals surface area contributed by atoms with Crippen molar-refractivity contribution in [1.29, 1.82) is 0 Å². The largest absolute Gasteiger partial charge is 0.496 e. The van der Waals surface area contributed by atoms with Gasteiger partial charge >= 0.3 is 0 Å². The molecule has 0 atom stereocenters. The number of para-hydroxylation sites is 1. The Morgan fingerprint density at radius 1 is 1.10 bits per heavy atom. The molecule has 0 heterocycles. The van der Waals surface area contributed by atoms with Gasteiger partial charge in [0.1, 0.15) is 5.75 Å². The van der Waals surface area contributed by atoms with E-state index in [0.717, 1.165) is 6.42 Å². The molecule has 104 valence electrons. The fourth-order valence-electron chi connectivity index (χ4n) is 2.30. The molecule has 0 saturated carbocycles. The molecule has 0 radical (unpaired) electrons. The molecule has 0 aliphatic carbocycles. The van der Waals surface area contributed by atoms with E-state index < -0.39 is 0 Å². The highest BCUT2D eigenvalue weighted by Crippen LogP contribution is 2.22. The normalized spacial score (nSPS) is 10.6. The number of ketones is 1. The van der Waals surface area contributed by atoms with Crippen molar-refractivity contribution >= 4 is 5.78 Å². The first kappa shape index (κ1) is 14.3. The molecule has 0 N–H and O–H groups in total. The summed E-state index contributed by atoms with van der Waals surface area (Å²) in [4.78, 5) is 12.6. The van der Waals surface area contributed by atoms with Crippen LogP contribution in [-0.2, 0) is 6.42 Å². The average Bonchev–Trinajstić information content (AvgIpc) is 2.46. The van der Waals surface area contributed by atoms with E-state index in [0.29, 0.717) is 22.8 Å². The maximum absolute atomic E-state index is 12.6. The van der Waals surface area contributed by atoms with Gasteiger partial charge in [0.15, 0.2) is 5.78 Å². The summed E-state index contributed by atoms with van der Waals surface area (Å²) in [5.74, 6) is 1.20. The zero-order valence-corrected chi connectivity index (χ0v) is 12.2. The second kappa shape index (κ2) is 6.38. The van der Waals surface area contributed by atoms with Crippen LogP contribution in [-0.4, -0.2) is 12.9 Å². The zero-order valence-electron chi connectivity index (χ0n) is 12.2. The third kappa shape index (κ3) is 3.27. The van der Waals surface area contributed by atoms with Crippen molar-refractivity contribution in [2.24, 2.45) is 5.92 Å². The summed E-state index contributed by atoms with van der Waals surface area (Å²) in [5, 5.41) is 0. The minimum absolute atomic E-state index is 0.00746. The van der Waals surface area contributed by atoms with Crippen LogP contribution in [0, 0.1) is 5.92 Å². The lowest BCUT2D eigenvalue weighted by atomic mass is 9.97. The average molecular weight is 268 g/mol. The Bertz CT molecular complexity index is 600. The molecule has 2 heteroatoms. The molecule has 0 spiro atoms. The quantitative estimate of drug-likeness (QED) is 0.762. The summed E-state index contributed by atoms with van der Waals surface area (Å²) in [5.41, 5.74) is 2.52. The maximum atomic E-state index is 12.6.